The van der Waals surface area contributed by atoms with Crippen LogP contribution in [0.2, 0.25) is 0 Å². The maximum Gasteiger partial charge on any atom is 0.220 e. The third-order valence-electron chi connectivity index (χ3n) is 8.91. The highest BCUT2D eigenvalue weighted by molar-refractivity contribution is 5.76. The zero-order chi connectivity index (χ0) is 39.5. The monoisotopic (exact) mass is 756 g/mol. The summed E-state index contributed by atoms with van der Waals surface area (Å²) in [5.74, 6) is -0.221. The molecule has 6 N–H and O–H groups in total. The zero-order valence-electron chi connectivity index (χ0n) is 33.2. The molecule has 1 heterocycles. The van der Waals surface area contributed by atoms with Crippen molar-refractivity contribution in [1.82, 2.24) is 5.32 Å². The van der Waals surface area contributed by atoms with Gasteiger partial charge in [0.05, 0.1) is 25.4 Å². The summed E-state index contributed by atoms with van der Waals surface area (Å²) in [6, 6.07) is -0.825. The second kappa shape index (κ2) is 34.6. The Labute approximate surface area is 326 Å². The van der Waals surface area contributed by atoms with Gasteiger partial charge in [-0.25, -0.2) is 0 Å². The lowest BCUT2D eigenvalue weighted by Crippen LogP contribution is -2.60. The van der Waals surface area contributed by atoms with Gasteiger partial charge in [-0.05, 0) is 77.0 Å². The summed E-state index contributed by atoms with van der Waals surface area (Å²) in [6.07, 6.45) is 42.0. The minimum atomic E-state index is -1.58. The van der Waals surface area contributed by atoms with E-state index >= 15 is 0 Å². The smallest absolute Gasteiger partial charge is 0.220 e. The van der Waals surface area contributed by atoms with Gasteiger partial charge in [0.25, 0.3) is 0 Å². The Morgan fingerprint density at radius 1 is 0.648 bits per heavy atom. The molecular formula is C45H73NO8. The Balaban J connectivity index is 2.31. The minimum Gasteiger partial charge on any atom is -0.394 e. The molecule has 1 aliphatic rings. The number of carbonyl (C=O) groups excluding carboxylic acids is 1. The fraction of sp³-hybridized carbons (Fsp3) is 0.622. The van der Waals surface area contributed by atoms with Crippen LogP contribution in [0.15, 0.2) is 97.2 Å². The van der Waals surface area contributed by atoms with Crippen molar-refractivity contribution in [2.75, 3.05) is 13.2 Å². The molecule has 0 aliphatic carbocycles. The van der Waals surface area contributed by atoms with Gasteiger partial charge < -0.3 is 40.3 Å². The summed E-state index contributed by atoms with van der Waals surface area (Å²) < 4.78 is 11.1. The first-order valence-corrected chi connectivity index (χ1v) is 20.5. The van der Waals surface area contributed by atoms with Gasteiger partial charge in [-0.3, -0.25) is 4.79 Å². The number of unbranched alkanes of at least 4 members (excludes halogenated alkanes) is 7. The molecule has 9 nitrogen and oxygen atoms in total. The predicted molar refractivity (Wildman–Crippen MR) is 221 cm³/mol. The number of ether oxygens (including phenoxy) is 2. The van der Waals surface area contributed by atoms with Crippen LogP contribution in [-0.4, -0.2) is 87.5 Å². The van der Waals surface area contributed by atoms with Crippen LogP contribution in [0.1, 0.15) is 123 Å². The molecule has 7 atom stereocenters. The number of aliphatic hydroxyl groups is 5. The standard InChI is InChI=1S/C45H73NO8/c1-3-5-7-9-11-12-13-14-15-16-17-18-19-20-21-22-23-24-25-26-27-28-29-31-33-35-41(49)46-38(39(48)34-32-30-10-8-6-4-2)37-53-45-44(52)43(51)42(50)40(36-47)54-45/h5,7,11-12,14-15,17-18,20-21,23-24,26-27,32,34,38-40,42-45,47-48,50-52H,3-4,6,8-10,13,16,19,22,25,28-31,33,35-37H2,1-2H3,(H,46,49)/b7-5-,12-11-,15-14-,18-17-,21-20-,24-23-,27-26-,34-32+. The first-order chi connectivity index (χ1) is 26.3. The number of carbonyl (C=O) groups is 1. The first kappa shape index (κ1) is 49.1. The Morgan fingerprint density at radius 3 is 1.67 bits per heavy atom. The minimum absolute atomic E-state index is 0.211. The van der Waals surface area contributed by atoms with Crippen molar-refractivity contribution in [2.45, 2.75) is 166 Å². The molecule has 1 amide bonds. The topological polar surface area (TPSA) is 149 Å². The summed E-state index contributed by atoms with van der Waals surface area (Å²) >= 11 is 0. The van der Waals surface area contributed by atoms with Crippen molar-refractivity contribution in [1.29, 1.82) is 0 Å². The number of aliphatic hydroxyl groups excluding tert-OH is 5. The third-order valence-corrected chi connectivity index (χ3v) is 8.91. The van der Waals surface area contributed by atoms with Crippen LogP contribution >= 0.6 is 0 Å². The summed E-state index contributed by atoms with van der Waals surface area (Å²) in [4.78, 5) is 12.8. The van der Waals surface area contributed by atoms with E-state index in [0.29, 0.717) is 12.8 Å². The van der Waals surface area contributed by atoms with Crippen LogP contribution in [0.4, 0.5) is 0 Å². The van der Waals surface area contributed by atoms with E-state index in [1.165, 1.54) is 0 Å². The van der Waals surface area contributed by atoms with Gasteiger partial charge >= 0.3 is 0 Å². The lowest BCUT2D eigenvalue weighted by Gasteiger charge is -2.40. The molecular weight excluding hydrogens is 682 g/mol. The highest BCUT2D eigenvalue weighted by Gasteiger charge is 2.44. The molecule has 1 rings (SSSR count). The average molecular weight is 756 g/mol. The Bertz CT molecular complexity index is 1150. The van der Waals surface area contributed by atoms with E-state index in [1.807, 2.05) is 6.08 Å². The molecule has 0 aromatic rings. The molecule has 0 radical (unpaired) electrons. The van der Waals surface area contributed by atoms with E-state index in [9.17, 15) is 30.3 Å². The van der Waals surface area contributed by atoms with Crippen molar-refractivity contribution in [3.63, 3.8) is 0 Å². The average Bonchev–Trinajstić information content (AvgIpc) is 3.17. The van der Waals surface area contributed by atoms with E-state index < -0.39 is 49.5 Å². The normalized spacial score (nSPS) is 22.5. The second-order valence-electron chi connectivity index (χ2n) is 13.7. The number of allylic oxidation sites excluding steroid dienone is 15. The quantitative estimate of drug-likeness (QED) is 0.0311. The molecule has 9 heteroatoms. The molecule has 1 aliphatic heterocycles. The van der Waals surface area contributed by atoms with Crippen LogP contribution in [0, 0.1) is 0 Å². The first-order valence-electron chi connectivity index (χ1n) is 20.5. The Morgan fingerprint density at radius 2 is 1.15 bits per heavy atom. The van der Waals surface area contributed by atoms with Crippen LogP contribution in [0.5, 0.6) is 0 Å². The largest absolute Gasteiger partial charge is 0.394 e. The second-order valence-corrected chi connectivity index (χ2v) is 13.7. The van der Waals surface area contributed by atoms with Crippen molar-refractivity contribution >= 4 is 5.91 Å². The van der Waals surface area contributed by atoms with Gasteiger partial charge in [-0.2, -0.15) is 0 Å². The number of amides is 1. The highest BCUT2D eigenvalue weighted by Crippen LogP contribution is 2.22. The zero-order valence-corrected chi connectivity index (χ0v) is 33.2. The van der Waals surface area contributed by atoms with E-state index in [0.717, 1.165) is 96.3 Å². The molecule has 0 aromatic carbocycles. The lowest BCUT2D eigenvalue weighted by molar-refractivity contribution is -0.302. The van der Waals surface area contributed by atoms with E-state index in [2.05, 4.69) is 104 Å². The van der Waals surface area contributed by atoms with Crippen molar-refractivity contribution in [3.8, 4) is 0 Å². The molecule has 0 bridgehead atoms. The van der Waals surface area contributed by atoms with Gasteiger partial charge in [-0.15, -0.1) is 0 Å². The predicted octanol–water partition coefficient (Wildman–Crippen LogP) is 7.77. The number of rotatable bonds is 31. The number of hydrogen-bond donors (Lipinski definition) is 6. The van der Waals surface area contributed by atoms with Crippen LogP contribution in [-0.2, 0) is 14.3 Å². The van der Waals surface area contributed by atoms with Gasteiger partial charge in [0.1, 0.15) is 24.4 Å². The maximum atomic E-state index is 12.8. The molecule has 7 unspecified atom stereocenters. The maximum absolute atomic E-state index is 12.8. The number of hydrogen-bond acceptors (Lipinski definition) is 8. The fourth-order valence-corrected chi connectivity index (χ4v) is 5.60. The molecule has 306 valence electrons. The van der Waals surface area contributed by atoms with Crippen LogP contribution in [0.25, 0.3) is 0 Å². The molecule has 1 fully saturated rings. The fourth-order valence-electron chi connectivity index (χ4n) is 5.60. The molecule has 1 saturated heterocycles. The Hall–Kier alpha value is -2.89. The number of nitrogens with one attached hydrogen (secondary N) is 1. The van der Waals surface area contributed by atoms with Crippen molar-refractivity contribution in [3.05, 3.63) is 97.2 Å². The highest BCUT2D eigenvalue weighted by atomic mass is 16.7. The van der Waals surface area contributed by atoms with Crippen molar-refractivity contribution in [2.24, 2.45) is 0 Å². The van der Waals surface area contributed by atoms with Crippen LogP contribution < -0.4 is 5.32 Å². The van der Waals surface area contributed by atoms with Gasteiger partial charge in [0, 0.05) is 6.42 Å². The Kier molecular flexibility index (Phi) is 31.5. The van der Waals surface area contributed by atoms with E-state index in [1.54, 1.807) is 6.08 Å². The molecule has 54 heavy (non-hydrogen) atoms. The van der Waals surface area contributed by atoms with Gasteiger partial charge in [0.15, 0.2) is 6.29 Å². The van der Waals surface area contributed by atoms with Gasteiger partial charge in [-0.1, -0.05) is 137 Å². The summed E-state index contributed by atoms with van der Waals surface area (Å²) in [5, 5.41) is 53.6. The third kappa shape index (κ3) is 25.2. The summed E-state index contributed by atoms with van der Waals surface area (Å²) in [7, 11) is 0. The van der Waals surface area contributed by atoms with E-state index in [4.69, 9.17) is 9.47 Å². The van der Waals surface area contributed by atoms with E-state index in [-0.39, 0.29) is 12.5 Å². The van der Waals surface area contributed by atoms with Gasteiger partial charge in [0.2, 0.25) is 5.91 Å². The summed E-state index contributed by atoms with van der Waals surface area (Å²) in [6.45, 7) is 3.51. The SMILES string of the molecule is CC/C=C\C/C=C\C/C=C\C/C=C\C/C=C\C/C=C\C/C=C\CCCCCC(=O)NC(COC1OC(CO)C(O)C(O)C1O)C(O)/C=C/CCCCCC. The lowest BCUT2D eigenvalue weighted by atomic mass is 9.99. The molecule has 0 aromatic heterocycles. The molecule has 0 saturated carbocycles. The summed E-state index contributed by atoms with van der Waals surface area (Å²) in [5.41, 5.74) is 0. The van der Waals surface area contributed by atoms with Crippen molar-refractivity contribution < 1.29 is 39.8 Å². The van der Waals surface area contributed by atoms with Crippen LogP contribution in [0.3, 0.4) is 0 Å². The molecule has 0 spiro atoms.